The van der Waals surface area contributed by atoms with Gasteiger partial charge in [0.25, 0.3) is 0 Å². The predicted molar refractivity (Wildman–Crippen MR) is 57.0 cm³/mol. The van der Waals surface area contributed by atoms with E-state index >= 15 is 0 Å². The van der Waals surface area contributed by atoms with Crippen LogP contribution in [0.15, 0.2) is 24.3 Å². The van der Waals surface area contributed by atoms with Crippen LogP contribution in [0.4, 0.5) is 0 Å². The van der Waals surface area contributed by atoms with Gasteiger partial charge < -0.3 is 14.2 Å². The van der Waals surface area contributed by atoms with Crippen molar-refractivity contribution in [2.45, 2.75) is 19.6 Å². The second-order valence-corrected chi connectivity index (χ2v) is 3.76. The summed E-state index contributed by atoms with van der Waals surface area (Å²) in [6.07, 6.45) is 0. The Morgan fingerprint density at radius 3 is 2.31 bits per heavy atom. The Morgan fingerprint density at radius 2 is 1.81 bits per heavy atom. The van der Waals surface area contributed by atoms with Crippen LogP contribution in [0.25, 0.3) is 0 Å². The first kappa shape index (κ1) is 11.1. The largest absolute Gasteiger partial charge is 0.427 e. The van der Waals surface area contributed by atoms with Gasteiger partial charge in [-0.15, -0.1) is 0 Å². The molecule has 4 heteroatoms. The van der Waals surface area contributed by atoms with Crippen LogP contribution in [0, 0.1) is 0 Å². The average molecular weight is 222 g/mol. The highest BCUT2D eigenvalue weighted by molar-refractivity contribution is 5.69. The summed E-state index contributed by atoms with van der Waals surface area (Å²) < 4.78 is 16.0. The van der Waals surface area contributed by atoms with Gasteiger partial charge in [0.05, 0.1) is 13.2 Å². The van der Waals surface area contributed by atoms with Crippen molar-refractivity contribution in [1.82, 2.24) is 0 Å². The molecule has 86 valence electrons. The van der Waals surface area contributed by atoms with Crippen molar-refractivity contribution in [2.24, 2.45) is 0 Å². The second kappa shape index (κ2) is 4.23. The van der Waals surface area contributed by atoms with Crippen molar-refractivity contribution in [3.05, 3.63) is 29.8 Å². The number of benzene rings is 1. The molecule has 16 heavy (non-hydrogen) atoms. The first-order valence-corrected chi connectivity index (χ1v) is 5.17. The molecule has 1 aliphatic rings. The third kappa shape index (κ3) is 2.23. The van der Waals surface area contributed by atoms with Gasteiger partial charge in [0.15, 0.2) is 5.79 Å². The number of carbonyl (C=O) groups is 1. The van der Waals surface area contributed by atoms with Crippen LogP contribution in [0.5, 0.6) is 5.75 Å². The highest BCUT2D eigenvalue weighted by Gasteiger charge is 2.32. The fourth-order valence-electron chi connectivity index (χ4n) is 1.67. The van der Waals surface area contributed by atoms with Gasteiger partial charge in [0.1, 0.15) is 5.75 Å². The Hall–Kier alpha value is -1.39. The fraction of sp³-hybridized carbons (Fsp3) is 0.417. The van der Waals surface area contributed by atoms with E-state index in [1.807, 2.05) is 19.1 Å². The molecule has 0 saturated carbocycles. The number of hydrogen-bond acceptors (Lipinski definition) is 4. The van der Waals surface area contributed by atoms with Crippen LogP contribution in [0.3, 0.4) is 0 Å². The minimum absolute atomic E-state index is 0.327. The van der Waals surface area contributed by atoms with Crippen LogP contribution < -0.4 is 4.74 Å². The van der Waals surface area contributed by atoms with Gasteiger partial charge in [-0.1, -0.05) is 0 Å². The Balaban J connectivity index is 2.15. The van der Waals surface area contributed by atoms with E-state index in [1.54, 1.807) is 12.1 Å². The topological polar surface area (TPSA) is 44.8 Å². The quantitative estimate of drug-likeness (QED) is 0.565. The summed E-state index contributed by atoms with van der Waals surface area (Å²) in [5.41, 5.74) is 0.918. The van der Waals surface area contributed by atoms with Crippen LogP contribution in [0.2, 0.25) is 0 Å². The maximum Gasteiger partial charge on any atom is 0.308 e. The van der Waals surface area contributed by atoms with Crippen molar-refractivity contribution in [2.75, 3.05) is 13.2 Å². The Labute approximate surface area is 94.1 Å². The summed E-state index contributed by atoms with van der Waals surface area (Å²) in [6.45, 7) is 4.45. The molecule has 0 atom stereocenters. The molecule has 1 aromatic rings. The Kier molecular flexibility index (Phi) is 2.94. The molecule has 1 saturated heterocycles. The van der Waals surface area contributed by atoms with Crippen molar-refractivity contribution >= 4 is 5.97 Å². The fourth-order valence-corrected chi connectivity index (χ4v) is 1.67. The maximum absolute atomic E-state index is 10.7. The summed E-state index contributed by atoms with van der Waals surface area (Å²) >= 11 is 0. The molecule has 4 nitrogen and oxygen atoms in total. The lowest BCUT2D eigenvalue weighted by Crippen LogP contribution is -2.22. The van der Waals surface area contributed by atoms with E-state index in [0.717, 1.165) is 5.56 Å². The van der Waals surface area contributed by atoms with Crippen molar-refractivity contribution in [1.29, 1.82) is 0 Å². The zero-order valence-electron chi connectivity index (χ0n) is 9.36. The van der Waals surface area contributed by atoms with E-state index in [1.165, 1.54) is 6.92 Å². The molecule has 0 N–H and O–H groups in total. The van der Waals surface area contributed by atoms with Crippen molar-refractivity contribution in [3.8, 4) is 5.75 Å². The van der Waals surface area contributed by atoms with Gasteiger partial charge in [-0.25, -0.2) is 0 Å². The summed E-state index contributed by atoms with van der Waals surface area (Å²) in [5, 5.41) is 0. The molecule has 1 aromatic carbocycles. The number of hydrogen-bond donors (Lipinski definition) is 0. The average Bonchev–Trinajstić information content (AvgIpc) is 2.66. The van der Waals surface area contributed by atoms with Gasteiger partial charge in [-0.2, -0.15) is 0 Å². The van der Waals surface area contributed by atoms with E-state index in [9.17, 15) is 4.79 Å². The predicted octanol–water partition coefficient (Wildman–Crippen LogP) is 1.83. The smallest absolute Gasteiger partial charge is 0.308 e. The molecule has 1 heterocycles. The standard InChI is InChI=1S/C12H14O4/c1-9(13)16-11-5-3-10(4-6-11)12(2)14-7-8-15-12/h3-6H,7-8H2,1-2H3. The van der Waals surface area contributed by atoms with E-state index in [0.29, 0.717) is 19.0 Å². The minimum Gasteiger partial charge on any atom is -0.427 e. The lowest BCUT2D eigenvalue weighted by Gasteiger charge is -2.22. The zero-order chi connectivity index (χ0) is 11.6. The molecule has 0 spiro atoms. The molecule has 0 aromatic heterocycles. The Morgan fingerprint density at radius 1 is 1.25 bits per heavy atom. The molecule has 0 radical (unpaired) electrons. The van der Waals surface area contributed by atoms with Crippen molar-refractivity contribution < 1.29 is 19.0 Å². The van der Waals surface area contributed by atoms with E-state index in [-0.39, 0.29) is 5.97 Å². The monoisotopic (exact) mass is 222 g/mol. The van der Waals surface area contributed by atoms with E-state index in [2.05, 4.69) is 0 Å². The minimum atomic E-state index is -0.672. The molecule has 1 aliphatic heterocycles. The van der Waals surface area contributed by atoms with Crippen LogP contribution in [-0.4, -0.2) is 19.2 Å². The van der Waals surface area contributed by atoms with E-state index < -0.39 is 5.79 Å². The number of esters is 1. The third-order valence-electron chi connectivity index (χ3n) is 2.48. The van der Waals surface area contributed by atoms with E-state index in [4.69, 9.17) is 14.2 Å². The lowest BCUT2D eigenvalue weighted by molar-refractivity contribution is -0.149. The summed E-state index contributed by atoms with van der Waals surface area (Å²) in [7, 11) is 0. The maximum atomic E-state index is 10.7. The van der Waals surface area contributed by atoms with Gasteiger partial charge in [0, 0.05) is 12.5 Å². The molecule has 0 amide bonds. The van der Waals surface area contributed by atoms with Crippen molar-refractivity contribution in [3.63, 3.8) is 0 Å². The third-order valence-corrected chi connectivity index (χ3v) is 2.48. The summed E-state index contributed by atoms with van der Waals surface area (Å²) in [6, 6.07) is 7.13. The van der Waals surface area contributed by atoms with Crippen LogP contribution in [0.1, 0.15) is 19.4 Å². The number of ether oxygens (including phenoxy) is 3. The molecular weight excluding hydrogens is 208 g/mol. The lowest BCUT2D eigenvalue weighted by atomic mass is 10.1. The highest BCUT2D eigenvalue weighted by Crippen LogP contribution is 2.31. The zero-order valence-corrected chi connectivity index (χ0v) is 9.36. The molecule has 2 rings (SSSR count). The molecular formula is C12H14O4. The second-order valence-electron chi connectivity index (χ2n) is 3.76. The molecule has 0 unspecified atom stereocenters. The molecule has 0 bridgehead atoms. The van der Waals surface area contributed by atoms with Crippen LogP contribution >= 0.6 is 0 Å². The SMILES string of the molecule is CC(=O)Oc1ccc(C2(C)OCCO2)cc1. The summed E-state index contributed by atoms with van der Waals surface area (Å²) in [5.74, 6) is -0.473. The Bertz CT molecular complexity index is 377. The molecule has 1 fully saturated rings. The van der Waals surface area contributed by atoms with Gasteiger partial charge in [-0.3, -0.25) is 4.79 Å². The molecule has 0 aliphatic carbocycles. The first-order valence-electron chi connectivity index (χ1n) is 5.17. The van der Waals surface area contributed by atoms with Gasteiger partial charge in [0.2, 0.25) is 0 Å². The van der Waals surface area contributed by atoms with Gasteiger partial charge >= 0.3 is 5.97 Å². The number of carbonyl (C=O) groups excluding carboxylic acids is 1. The van der Waals surface area contributed by atoms with Crippen LogP contribution in [-0.2, 0) is 20.1 Å². The number of rotatable bonds is 2. The summed E-state index contributed by atoms with van der Waals surface area (Å²) in [4.78, 5) is 10.7. The first-order chi connectivity index (χ1) is 7.60. The normalized spacial score (nSPS) is 18.4. The van der Waals surface area contributed by atoms with Gasteiger partial charge in [-0.05, 0) is 31.2 Å². The highest BCUT2D eigenvalue weighted by atomic mass is 16.7.